The Morgan fingerprint density at radius 2 is 2.06 bits per heavy atom. The SMILES string of the molecule is CCOC(=O)CC=Cc1ccc(CCCO)cc1. The summed E-state index contributed by atoms with van der Waals surface area (Å²) in [5.74, 6) is -0.201. The fourth-order valence-electron chi connectivity index (χ4n) is 1.59. The molecule has 3 heteroatoms. The Kier molecular flexibility index (Phi) is 6.81. The van der Waals surface area contributed by atoms with E-state index in [-0.39, 0.29) is 12.6 Å². The van der Waals surface area contributed by atoms with Crippen molar-refractivity contribution >= 4 is 12.0 Å². The average molecular weight is 248 g/mol. The van der Waals surface area contributed by atoms with E-state index in [2.05, 4.69) is 0 Å². The van der Waals surface area contributed by atoms with Gasteiger partial charge in [-0.2, -0.15) is 0 Å². The first-order chi connectivity index (χ1) is 8.76. The van der Waals surface area contributed by atoms with Crippen molar-refractivity contribution in [2.24, 2.45) is 0 Å². The summed E-state index contributed by atoms with van der Waals surface area (Å²) in [5.41, 5.74) is 2.28. The monoisotopic (exact) mass is 248 g/mol. The third-order valence-electron chi connectivity index (χ3n) is 2.50. The molecule has 0 fully saturated rings. The summed E-state index contributed by atoms with van der Waals surface area (Å²) >= 11 is 0. The van der Waals surface area contributed by atoms with Crippen molar-refractivity contribution < 1.29 is 14.6 Å². The molecule has 0 saturated heterocycles. The molecule has 3 nitrogen and oxygen atoms in total. The van der Waals surface area contributed by atoms with Gasteiger partial charge in [0, 0.05) is 6.61 Å². The van der Waals surface area contributed by atoms with Crippen LogP contribution in [-0.2, 0) is 16.0 Å². The van der Waals surface area contributed by atoms with Crippen molar-refractivity contribution in [2.75, 3.05) is 13.2 Å². The van der Waals surface area contributed by atoms with Crippen molar-refractivity contribution in [1.82, 2.24) is 0 Å². The number of aliphatic hydroxyl groups excluding tert-OH is 1. The second-order valence-electron chi connectivity index (χ2n) is 3.98. The molecule has 0 bridgehead atoms. The van der Waals surface area contributed by atoms with Crippen LogP contribution in [0.25, 0.3) is 6.08 Å². The van der Waals surface area contributed by atoms with E-state index in [9.17, 15) is 4.79 Å². The van der Waals surface area contributed by atoms with Crippen LogP contribution >= 0.6 is 0 Å². The number of hydrogen-bond donors (Lipinski definition) is 1. The lowest BCUT2D eigenvalue weighted by molar-refractivity contribution is -0.142. The summed E-state index contributed by atoms with van der Waals surface area (Å²) in [5, 5.41) is 8.74. The zero-order valence-corrected chi connectivity index (χ0v) is 10.8. The highest BCUT2D eigenvalue weighted by atomic mass is 16.5. The molecule has 0 aliphatic rings. The summed E-state index contributed by atoms with van der Waals surface area (Å²) in [4.78, 5) is 11.1. The molecule has 1 aromatic carbocycles. The first-order valence-electron chi connectivity index (χ1n) is 6.28. The van der Waals surface area contributed by atoms with E-state index < -0.39 is 0 Å². The molecule has 0 aromatic heterocycles. The minimum absolute atomic E-state index is 0.201. The number of benzene rings is 1. The lowest BCUT2D eigenvalue weighted by Crippen LogP contribution is -2.01. The lowest BCUT2D eigenvalue weighted by Gasteiger charge is -2.00. The number of esters is 1. The highest BCUT2D eigenvalue weighted by Gasteiger charge is 1.96. The molecular weight excluding hydrogens is 228 g/mol. The van der Waals surface area contributed by atoms with Gasteiger partial charge in [-0.25, -0.2) is 0 Å². The van der Waals surface area contributed by atoms with E-state index in [4.69, 9.17) is 9.84 Å². The van der Waals surface area contributed by atoms with Gasteiger partial charge < -0.3 is 9.84 Å². The Morgan fingerprint density at radius 1 is 1.33 bits per heavy atom. The molecule has 0 radical (unpaired) electrons. The minimum atomic E-state index is -0.201. The van der Waals surface area contributed by atoms with E-state index in [1.165, 1.54) is 5.56 Å². The maximum Gasteiger partial charge on any atom is 0.309 e. The van der Waals surface area contributed by atoms with Crippen LogP contribution in [0.1, 0.15) is 30.9 Å². The van der Waals surface area contributed by atoms with E-state index >= 15 is 0 Å². The van der Waals surface area contributed by atoms with Crippen LogP contribution in [-0.4, -0.2) is 24.3 Å². The molecule has 0 spiro atoms. The van der Waals surface area contributed by atoms with Crippen molar-refractivity contribution in [2.45, 2.75) is 26.2 Å². The molecule has 1 aromatic rings. The number of rotatable bonds is 7. The first kappa shape index (κ1) is 14.5. The van der Waals surface area contributed by atoms with Crippen molar-refractivity contribution in [3.63, 3.8) is 0 Å². The Morgan fingerprint density at radius 3 is 2.67 bits per heavy atom. The highest BCUT2D eigenvalue weighted by molar-refractivity contribution is 5.72. The number of hydrogen-bond acceptors (Lipinski definition) is 3. The summed E-state index contributed by atoms with van der Waals surface area (Å²) in [7, 11) is 0. The molecule has 0 aliphatic heterocycles. The normalized spacial score (nSPS) is 10.8. The molecule has 0 unspecified atom stereocenters. The molecule has 0 amide bonds. The molecule has 0 heterocycles. The average Bonchev–Trinajstić information content (AvgIpc) is 2.38. The first-order valence-corrected chi connectivity index (χ1v) is 6.28. The van der Waals surface area contributed by atoms with Gasteiger partial charge in [-0.05, 0) is 30.9 Å². The van der Waals surface area contributed by atoms with Gasteiger partial charge >= 0.3 is 5.97 Å². The Hall–Kier alpha value is -1.61. The second-order valence-corrected chi connectivity index (χ2v) is 3.98. The van der Waals surface area contributed by atoms with E-state index in [1.54, 1.807) is 13.0 Å². The van der Waals surface area contributed by atoms with Gasteiger partial charge in [0.1, 0.15) is 0 Å². The van der Waals surface area contributed by atoms with Crippen LogP contribution in [0.15, 0.2) is 30.3 Å². The third kappa shape index (κ3) is 5.64. The van der Waals surface area contributed by atoms with Crippen LogP contribution in [0, 0.1) is 0 Å². The van der Waals surface area contributed by atoms with Gasteiger partial charge in [-0.1, -0.05) is 36.4 Å². The summed E-state index contributed by atoms with van der Waals surface area (Å²) in [6, 6.07) is 8.10. The number of carbonyl (C=O) groups excluding carboxylic acids is 1. The summed E-state index contributed by atoms with van der Waals surface area (Å²) < 4.78 is 4.83. The lowest BCUT2D eigenvalue weighted by atomic mass is 10.1. The predicted molar refractivity (Wildman–Crippen MR) is 72.1 cm³/mol. The standard InChI is InChI=1S/C15H20O3/c1-2-18-15(17)7-3-5-13-8-10-14(11-9-13)6-4-12-16/h3,5,8-11,16H,2,4,6-7,12H2,1H3. The predicted octanol–water partition coefficient (Wildman–Crippen LogP) is 2.58. The number of aryl methyl sites for hydroxylation is 1. The Bertz CT molecular complexity index is 379. The van der Waals surface area contributed by atoms with Crippen LogP contribution in [0.2, 0.25) is 0 Å². The third-order valence-corrected chi connectivity index (χ3v) is 2.50. The Balaban J connectivity index is 2.43. The highest BCUT2D eigenvalue weighted by Crippen LogP contribution is 2.08. The van der Waals surface area contributed by atoms with Gasteiger partial charge in [0.2, 0.25) is 0 Å². The summed E-state index contributed by atoms with van der Waals surface area (Å²) in [6.07, 6.45) is 5.70. The molecule has 18 heavy (non-hydrogen) atoms. The van der Waals surface area contributed by atoms with Crippen molar-refractivity contribution in [3.05, 3.63) is 41.5 Å². The zero-order valence-electron chi connectivity index (χ0n) is 10.8. The van der Waals surface area contributed by atoms with Gasteiger partial charge in [0.15, 0.2) is 0 Å². The molecule has 1 N–H and O–H groups in total. The molecular formula is C15H20O3. The molecule has 98 valence electrons. The molecule has 0 atom stereocenters. The van der Waals surface area contributed by atoms with Crippen LogP contribution in [0.3, 0.4) is 0 Å². The van der Waals surface area contributed by atoms with Gasteiger partial charge in [0.05, 0.1) is 13.0 Å². The number of aliphatic hydroxyl groups is 1. The fourth-order valence-corrected chi connectivity index (χ4v) is 1.59. The largest absolute Gasteiger partial charge is 0.466 e. The van der Waals surface area contributed by atoms with Crippen LogP contribution < -0.4 is 0 Å². The minimum Gasteiger partial charge on any atom is -0.466 e. The Labute approximate surface area is 108 Å². The van der Waals surface area contributed by atoms with E-state index in [0.717, 1.165) is 18.4 Å². The van der Waals surface area contributed by atoms with Crippen molar-refractivity contribution in [3.8, 4) is 0 Å². The van der Waals surface area contributed by atoms with Crippen LogP contribution in [0.5, 0.6) is 0 Å². The topological polar surface area (TPSA) is 46.5 Å². The van der Waals surface area contributed by atoms with Gasteiger partial charge in [0.25, 0.3) is 0 Å². The van der Waals surface area contributed by atoms with Gasteiger partial charge in [-0.15, -0.1) is 0 Å². The number of carbonyl (C=O) groups is 1. The van der Waals surface area contributed by atoms with E-state index in [0.29, 0.717) is 13.0 Å². The molecule has 0 saturated carbocycles. The van der Waals surface area contributed by atoms with Crippen LogP contribution in [0.4, 0.5) is 0 Å². The number of ether oxygens (including phenoxy) is 1. The maximum atomic E-state index is 11.1. The molecule has 1 rings (SSSR count). The quantitative estimate of drug-likeness (QED) is 0.754. The summed E-state index contributed by atoms with van der Waals surface area (Å²) in [6.45, 7) is 2.44. The van der Waals surface area contributed by atoms with Crippen molar-refractivity contribution in [1.29, 1.82) is 0 Å². The fraction of sp³-hybridized carbons (Fsp3) is 0.400. The van der Waals surface area contributed by atoms with E-state index in [1.807, 2.05) is 30.3 Å². The second kappa shape index (κ2) is 8.48. The zero-order chi connectivity index (χ0) is 13.2. The smallest absolute Gasteiger partial charge is 0.309 e. The molecule has 0 aliphatic carbocycles. The maximum absolute atomic E-state index is 11.1. The van der Waals surface area contributed by atoms with Gasteiger partial charge in [-0.3, -0.25) is 4.79 Å².